The molecule has 1 aliphatic heterocycles. The summed E-state index contributed by atoms with van der Waals surface area (Å²) in [5.74, 6) is 1.73. The van der Waals surface area contributed by atoms with Gasteiger partial charge in [-0.3, -0.25) is 4.79 Å². The molecule has 1 saturated carbocycles. The van der Waals surface area contributed by atoms with Gasteiger partial charge in [0.15, 0.2) is 11.5 Å². The quantitative estimate of drug-likeness (QED) is 0.626. The maximum absolute atomic E-state index is 11.6. The summed E-state index contributed by atoms with van der Waals surface area (Å²) >= 11 is 0. The molecule has 1 aliphatic carbocycles. The highest BCUT2D eigenvalue weighted by Gasteiger charge is 2.41. The Balaban J connectivity index is 1.99. The van der Waals surface area contributed by atoms with E-state index in [2.05, 4.69) is 6.92 Å². The van der Waals surface area contributed by atoms with Crippen LogP contribution in [0, 0.1) is 11.8 Å². The van der Waals surface area contributed by atoms with Crippen molar-refractivity contribution < 1.29 is 9.53 Å². The Morgan fingerprint density at radius 3 is 2.92 bits per heavy atom. The van der Waals surface area contributed by atoms with Crippen LogP contribution in [0.1, 0.15) is 26.2 Å². The van der Waals surface area contributed by atoms with Crippen LogP contribution in [0.3, 0.4) is 0 Å². The third-order valence-electron chi connectivity index (χ3n) is 2.62. The van der Waals surface area contributed by atoms with Crippen molar-refractivity contribution in [1.29, 1.82) is 0 Å². The van der Waals surface area contributed by atoms with E-state index in [-0.39, 0.29) is 11.7 Å². The van der Waals surface area contributed by atoms with E-state index in [1.54, 1.807) is 0 Å². The van der Waals surface area contributed by atoms with E-state index in [0.29, 0.717) is 11.7 Å². The first-order chi connectivity index (χ1) is 5.79. The number of carbonyl (C=O) groups is 1. The van der Waals surface area contributed by atoms with Crippen LogP contribution in [0.15, 0.2) is 11.8 Å². The summed E-state index contributed by atoms with van der Waals surface area (Å²) in [7, 11) is 0. The molecule has 0 amide bonds. The lowest BCUT2D eigenvalue weighted by Crippen LogP contribution is -2.13. The van der Waals surface area contributed by atoms with Gasteiger partial charge < -0.3 is 4.74 Å². The van der Waals surface area contributed by atoms with Gasteiger partial charge in [0.25, 0.3) is 0 Å². The predicted octanol–water partition coefficient (Wildman–Crippen LogP) is 1.91. The summed E-state index contributed by atoms with van der Waals surface area (Å²) in [6.07, 6.45) is 5.05. The van der Waals surface area contributed by atoms with E-state index < -0.39 is 0 Å². The fraction of sp³-hybridized carbons (Fsp3) is 0.700. The average Bonchev–Trinajstić information content (AvgIpc) is 2.83. The predicted molar refractivity (Wildman–Crippen MR) is 45.5 cm³/mol. The van der Waals surface area contributed by atoms with Crippen molar-refractivity contribution in [2.75, 3.05) is 6.61 Å². The second kappa shape index (κ2) is 2.92. The van der Waals surface area contributed by atoms with Gasteiger partial charge in [-0.05, 0) is 31.3 Å². The first-order valence-electron chi connectivity index (χ1n) is 4.66. The van der Waals surface area contributed by atoms with Crippen molar-refractivity contribution in [3.63, 3.8) is 0 Å². The fourth-order valence-electron chi connectivity index (χ4n) is 1.60. The van der Waals surface area contributed by atoms with Crippen molar-refractivity contribution in [1.82, 2.24) is 0 Å². The summed E-state index contributed by atoms with van der Waals surface area (Å²) in [4.78, 5) is 11.6. The number of Topliss-reactive ketones (excluding diaryl/α,β-unsaturated/α-hetero) is 1. The summed E-state index contributed by atoms with van der Waals surface area (Å²) in [6.45, 7) is 2.84. The molecule has 0 bridgehead atoms. The van der Waals surface area contributed by atoms with Crippen molar-refractivity contribution in [3.05, 3.63) is 11.8 Å². The average molecular weight is 166 g/mol. The second-order valence-corrected chi connectivity index (χ2v) is 3.74. The molecule has 66 valence electrons. The molecule has 2 atom stereocenters. The molecule has 2 aliphatic rings. The summed E-state index contributed by atoms with van der Waals surface area (Å²) < 4.78 is 5.30. The molecule has 0 N–H and O–H groups in total. The Morgan fingerprint density at radius 1 is 1.67 bits per heavy atom. The van der Waals surface area contributed by atoms with Crippen molar-refractivity contribution in [2.24, 2.45) is 11.8 Å². The van der Waals surface area contributed by atoms with Gasteiger partial charge in [0.2, 0.25) is 0 Å². The molecular formula is C10H14O2. The lowest BCUT2D eigenvalue weighted by Gasteiger charge is -2.13. The molecule has 2 heteroatoms. The molecule has 0 saturated heterocycles. The van der Waals surface area contributed by atoms with Gasteiger partial charge >= 0.3 is 0 Å². The highest BCUT2D eigenvalue weighted by Crippen LogP contribution is 2.40. The minimum Gasteiger partial charge on any atom is -0.490 e. The Bertz CT molecular complexity index is 230. The number of allylic oxidation sites excluding steroid dienone is 2. The van der Waals surface area contributed by atoms with Crippen LogP contribution in [0.2, 0.25) is 0 Å². The smallest absolute Gasteiger partial charge is 0.200 e. The highest BCUT2D eigenvalue weighted by atomic mass is 16.5. The number of ketones is 1. The van der Waals surface area contributed by atoms with Gasteiger partial charge in [-0.1, -0.05) is 6.92 Å². The topological polar surface area (TPSA) is 26.3 Å². The van der Waals surface area contributed by atoms with Crippen LogP contribution in [0.25, 0.3) is 0 Å². The van der Waals surface area contributed by atoms with Gasteiger partial charge in [-0.2, -0.15) is 0 Å². The zero-order valence-corrected chi connectivity index (χ0v) is 7.38. The van der Waals surface area contributed by atoms with Crippen molar-refractivity contribution in [2.45, 2.75) is 26.2 Å². The van der Waals surface area contributed by atoms with Crippen LogP contribution in [0.5, 0.6) is 0 Å². The van der Waals surface area contributed by atoms with Crippen LogP contribution in [-0.2, 0) is 9.53 Å². The van der Waals surface area contributed by atoms with Gasteiger partial charge in [0.1, 0.15) is 0 Å². The fourth-order valence-corrected chi connectivity index (χ4v) is 1.60. The standard InChI is InChI=1S/C10H14O2/c1-7-6-8(7)10(11)9-4-2-3-5-12-9/h4,7-8H,2-3,5-6H2,1H3. The molecule has 0 spiro atoms. The first kappa shape index (κ1) is 7.84. The molecule has 0 radical (unpaired) electrons. The lowest BCUT2D eigenvalue weighted by atomic mass is 10.1. The van der Waals surface area contributed by atoms with Gasteiger partial charge in [0.05, 0.1) is 6.61 Å². The van der Waals surface area contributed by atoms with Crippen LogP contribution in [0.4, 0.5) is 0 Å². The Morgan fingerprint density at radius 2 is 2.42 bits per heavy atom. The molecule has 2 rings (SSSR count). The largest absolute Gasteiger partial charge is 0.490 e. The normalized spacial score (nSPS) is 33.6. The lowest BCUT2D eigenvalue weighted by molar-refractivity contribution is -0.120. The van der Waals surface area contributed by atoms with E-state index in [0.717, 1.165) is 25.9 Å². The monoisotopic (exact) mass is 166 g/mol. The van der Waals surface area contributed by atoms with E-state index in [1.165, 1.54) is 0 Å². The zero-order valence-electron chi connectivity index (χ0n) is 7.38. The zero-order chi connectivity index (χ0) is 8.55. The Hall–Kier alpha value is -0.790. The molecule has 0 aromatic rings. The van der Waals surface area contributed by atoms with Crippen LogP contribution < -0.4 is 0 Å². The summed E-state index contributed by atoms with van der Waals surface area (Å²) in [5, 5.41) is 0. The van der Waals surface area contributed by atoms with Crippen molar-refractivity contribution in [3.8, 4) is 0 Å². The molecule has 0 aromatic heterocycles. The maximum Gasteiger partial charge on any atom is 0.200 e. The molecule has 2 nitrogen and oxygen atoms in total. The minimum atomic E-state index is 0.238. The van der Waals surface area contributed by atoms with Gasteiger partial charge in [-0.25, -0.2) is 0 Å². The third-order valence-corrected chi connectivity index (χ3v) is 2.62. The first-order valence-corrected chi connectivity index (χ1v) is 4.66. The minimum absolute atomic E-state index is 0.238. The molecule has 1 fully saturated rings. The molecule has 2 unspecified atom stereocenters. The summed E-state index contributed by atoms with van der Waals surface area (Å²) in [5.41, 5.74) is 0. The maximum atomic E-state index is 11.6. The Kier molecular flexibility index (Phi) is 1.91. The van der Waals surface area contributed by atoms with Crippen LogP contribution >= 0.6 is 0 Å². The molecule has 12 heavy (non-hydrogen) atoms. The Labute approximate surface area is 72.6 Å². The van der Waals surface area contributed by atoms with E-state index in [1.807, 2.05) is 6.08 Å². The number of hydrogen-bond acceptors (Lipinski definition) is 2. The van der Waals surface area contributed by atoms with E-state index >= 15 is 0 Å². The van der Waals surface area contributed by atoms with Gasteiger partial charge in [0, 0.05) is 5.92 Å². The third kappa shape index (κ3) is 1.38. The summed E-state index contributed by atoms with van der Waals surface area (Å²) in [6, 6.07) is 0. The second-order valence-electron chi connectivity index (χ2n) is 3.74. The van der Waals surface area contributed by atoms with Crippen LogP contribution in [-0.4, -0.2) is 12.4 Å². The van der Waals surface area contributed by atoms with Gasteiger partial charge in [-0.15, -0.1) is 0 Å². The number of carbonyl (C=O) groups excluding carboxylic acids is 1. The SMILES string of the molecule is CC1CC1C(=O)C1=CCCCO1. The number of rotatable bonds is 2. The van der Waals surface area contributed by atoms with E-state index in [9.17, 15) is 4.79 Å². The molecule has 0 aromatic carbocycles. The highest BCUT2D eigenvalue weighted by molar-refractivity contribution is 5.97. The van der Waals surface area contributed by atoms with Crippen molar-refractivity contribution >= 4 is 5.78 Å². The molecule has 1 heterocycles. The molecular weight excluding hydrogens is 152 g/mol. The number of ether oxygens (including phenoxy) is 1. The number of hydrogen-bond donors (Lipinski definition) is 0. The van der Waals surface area contributed by atoms with E-state index in [4.69, 9.17) is 4.74 Å².